The van der Waals surface area contributed by atoms with Crippen LogP contribution in [0.2, 0.25) is 0 Å². The van der Waals surface area contributed by atoms with Crippen LogP contribution in [-0.2, 0) is 5.41 Å². The minimum Gasteiger partial charge on any atom is -0.496 e. The van der Waals surface area contributed by atoms with Crippen LogP contribution in [0.5, 0.6) is 5.75 Å². The Kier molecular flexibility index (Phi) is 4.80. The number of hydrogen-bond donors (Lipinski definition) is 1. The van der Waals surface area contributed by atoms with E-state index in [1.165, 1.54) is 5.56 Å². The molecule has 0 spiro atoms. The van der Waals surface area contributed by atoms with Crippen LogP contribution in [-0.4, -0.2) is 19.2 Å². The Morgan fingerprint density at radius 3 is 2.22 bits per heavy atom. The molecule has 1 aromatic carbocycles. The summed E-state index contributed by atoms with van der Waals surface area (Å²) in [6.07, 6.45) is 1.09. The van der Waals surface area contributed by atoms with Crippen molar-refractivity contribution in [2.75, 3.05) is 13.7 Å². The lowest BCUT2D eigenvalue weighted by atomic mass is 9.81. The average molecular weight is 249 g/mol. The fourth-order valence-electron chi connectivity index (χ4n) is 2.09. The number of hydrogen-bond acceptors (Lipinski definition) is 2. The SMILES string of the molecule is COc1ccccc1C(C)(C)CCNC(C)(C)C. The van der Waals surface area contributed by atoms with E-state index in [1.54, 1.807) is 7.11 Å². The predicted octanol–water partition coefficient (Wildman–Crippen LogP) is 3.75. The topological polar surface area (TPSA) is 21.3 Å². The van der Waals surface area contributed by atoms with Crippen molar-refractivity contribution in [3.63, 3.8) is 0 Å². The second kappa shape index (κ2) is 5.75. The third kappa shape index (κ3) is 4.34. The third-order valence-electron chi connectivity index (χ3n) is 3.24. The van der Waals surface area contributed by atoms with Gasteiger partial charge in [0.1, 0.15) is 5.75 Å². The maximum atomic E-state index is 5.46. The van der Waals surface area contributed by atoms with Crippen LogP contribution < -0.4 is 10.1 Å². The first-order valence-corrected chi connectivity index (χ1v) is 6.65. The number of nitrogens with one attached hydrogen (secondary N) is 1. The molecule has 102 valence electrons. The summed E-state index contributed by atoms with van der Waals surface area (Å²) >= 11 is 0. The molecule has 1 N–H and O–H groups in total. The van der Waals surface area contributed by atoms with E-state index in [4.69, 9.17) is 4.74 Å². The van der Waals surface area contributed by atoms with Crippen molar-refractivity contribution in [3.8, 4) is 5.75 Å². The molecule has 0 bridgehead atoms. The van der Waals surface area contributed by atoms with Crippen LogP contribution in [0.3, 0.4) is 0 Å². The van der Waals surface area contributed by atoms with Gasteiger partial charge in [-0.3, -0.25) is 0 Å². The first kappa shape index (κ1) is 15.0. The molecule has 0 saturated carbocycles. The van der Waals surface area contributed by atoms with Gasteiger partial charge < -0.3 is 10.1 Å². The van der Waals surface area contributed by atoms with Gasteiger partial charge in [-0.05, 0) is 50.8 Å². The smallest absolute Gasteiger partial charge is 0.122 e. The van der Waals surface area contributed by atoms with E-state index in [0.29, 0.717) is 0 Å². The molecule has 0 amide bonds. The number of methoxy groups -OCH3 is 1. The second-order valence-electron chi connectivity index (χ2n) is 6.51. The van der Waals surface area contributed by atoms with Crippen LogP contribution in [0, 0.1) is 0 Å². The Labute approximate surface area is 112 Å². The van der Waals surface area contributed by atoms with E-state index in [-0.39, 0.29) is 11.0 Å². The lowest BCUT2D eigenvalue weighted by molar-refractivity contribution is 0.360. The van der Waals surface area contributed by atoms with Gasteiger partial charge in [0.2, 0.25) is 0 Å². The Hall–Kier alpha value is -1.02. The van der Waals surface area contributed by atoms with E-state index in [9.17, 15) is 0 Å². The van der Waals surface area contributed by atoms with Gasteiger partial charge in [0.15, 0.2) is 0 Å². The summed E-state index contributed by atoms with van der Waals surface area (Å²) in [6.45, 7) is 12.1. The Morgan fingerprint density at radius 1 is 1.06 bits per heavy atom. The van der Waals surface area contributed by atoms with Gasteiger partial charge in [0.05, 0.1) is 7.11 Å². The molecule has 18 heavy (non-hydrogen) atoms. The van der Waals surface area contributed by atoms with E-state index in [0.717, 1.165) is 18.7 Å². The highest BCUT2D eigenvalue weighted by Crippen LogP contribution is 2.33. The number of para-hydroxylation sites is 1. The molecule has 1 aromatic rings. The van der Waals surface area contributed by atoms with Crippen molar-refractivity contribution in [1.82, 2.24) is 5.32 Å². The Bertz CT molecular complexity index is 377. The molecule has 0 radical (unpaired) electrons. The van der Waals surface area contributed by atoms with Crippen molar-refractivity contribution in [2.24, 2.45) is 0 Å². The lowest BCUT2D eigenvalue weighted by Gasteiger charge is -2.29. The van der Waals surface area contributed by atoms with E-state index >= 15 is 0 Å². The minimum atomic E-state index is 0.116. The van der Waals surface area contributed by atoms with Gasteiger partial charge in [-0.25, -0.2) is 0 Å². The number of rotatable bonds is 5. The molecule has 0 unspecified atom stereocenters. The molecule has 0 heterocycles. The average Bonchev–Trinajstić information content (AvgIpc) is 2.27. The van der Waals surface area contributed by atoms with Crippen molar-refractivity contribution in [3.05, 3.63) is 29.8 Å². The van der Waals surface area contributed by atoms with Crippen molar-refractivity contribution >= 4 is 0 Å². The Balaban J connectivity index is 2.73. The van der Waals surface area contributed by atoms with E-state index < -0.39 is 0 Å². The Morgan fingerprint density at radius 2 is 1.67 bits per heavy atom. The molecular formula is C16H27NO. The van der Waals surface area contributed by atoms with Gasteiger partial charge in [0.25, 0.3) is 0 Å². The monoisotopic (exact) mass is 249 g/mol. The fourth-order valence-corrected chi connectivity index (χ4v) is 2.09. The van der Waals surface area contributed by atoms with Crippen molar-refractivity contribution in [1.29, 1.82) is 0 Å². The summed E-state index contributed by atoms with van der Waals surface area (Å²) in [4.78, 5) is 0. The second-order valence-corrected chi connectivity index (χ2v) is 6.51. The maximum absolute atomic E-state index is 5.46. The van der Waals surface area contributed by atoms with Crippen LogP contribution in [0.25, 0.3) is 0 Å². The van der Waals surface area contributed by atoms with Gasteiger partial charge in [-0.2, -0.15) is 0 Å². The quantitative estimate of drug-likeness (QED) is 0.858. The predicted molar refractivity (Wildman–Crippen MR) is 78.4 cm³/mol. The van der Waals surface area contributed by atoms with E-state index in [2.05, 4.69) is 52.1 Å². The maximum Gasteiger partial charge on any atom is 0.122 e. The zero-order valence-corrected chi connectivity index (χ0v) is 12.6. The lowest BCUT2D eigenvalue weighted by Crippen LogP contribution is -2.38. The van der Waals surface area contributed by atoms with Gasteiger partial charge in [-0.1, -0.05) is 32.0 Å². The molecule has 0 aliphatic heterocycles. The van der Waals surface area contributed by atoms with Crippen molar-refractivity contribution < 1.29 is 4.74 Å². The molecule has 2 heteroatoms. The number of benzene rings is 1. The van der Waals surface area contributed by atoms with Gasteiger partial charge in [-0.15, -0.1) is 0 Å². The summed E-state index contributed by atoms with van der Waals surface area (Å²) in [5, 5.41) is 3.54. The van der Waals surface area contributed by atoms with E-state index in [1.807, 2.05) is 12.1 Å². The van der Waals surface area contributed by atoms with Crippen LogP contribution in [0.1, 0.15) is 46.6 Å². The summed E-state index contributed by atoms with van der Waals surface area (Å²) in [6, 6.07) is 8.30. The molecule has 0 atom stereocenters. The molecule has 0 saturated heterocycles. The highest BCUT2D eigenvalue weighted by molar-refractivity contribution is 5.38. The summed E-state index contributed by atoms with van der Waals surface area (Å²) < 4.78 is 5.46. The standard InChI is InChI=1S/C16H27NO/c1-15(2,3)17-12-11-16(4,5)13-9-7-8-10-14(13)18-6/h7-10,17H,11-12H2,1-6H3. The zero-order chi connectivity index (χ0) is 13.8. The van der Waals surface area contributed by atoms with Crippen LogP contribution in [0.4, 0.5) is 0 Å². The fraction of sp³-hybridized carbons (Fsp3) is 0.625. The van der Waals surface area contributed by atoms with Crippen LogP contribution >= 0.6 is 0 Å². The highest BCUT2D eigenvalue weighted by Gasteiger charge is 2.24. The third-order valence-corrected chi connectivity index (χ3v) is 3.24. The van der Waals surface area contributed by atoms with Crippen molar-refractivity contribution in [2.45, 2.75) is 52.0 Å². The van der Waals surface area contributed by atoms with Gasteiger partial charge >= 0.3 is 0 Å². The van der Waals surface area contributed by atoms with Crippen LogP contribution in [0.15, 0.2) is 24.3 Å². The molecule has 0 aliphatic carbocycles. The summed E-state index contributed by atoms with van der Waals surface area (Å²) in [7, 11) is 1.74. The molecule has 0 aromatic heterocycles. The molecule has 1 rings (SSSR count). The molecule has 0 aliphatic rings. The molecule has 2 nitrogen and oxygen atoms in total. The highest BCUT2D eigenvalue weighted by atomic mass is 16.5. The normalized spacial score (nSPS) is 12.6. The first-order chi connectivity index (χ1) is 8.26. The molecular weight excluding hydrogens is 222 g/mol. The zero-order valence-electron chi connectivity index (χ0n) is 12.6. The summed E-state index contributed by atoms with van der Waals surface area (Å²) in [5.41, 5.74) is 1.57. The largest absolute Gasteiger partial charge is 0.496 e. The minimum absolute atomic E-state index is 0.116. The molecule has 0 fully saturated rings. The van der Waals surface area contributed by atoms with Gasteiger partial charge in [0, 0.05) is 5.54 Å². The summed E-state index contributed by atoms with van der Waals surface area (Å²) in [5.74, 6) is 0.984. The first-order valence-electron chi connectivity index (χ1n) is 6.65. The number of ether oxygens (including phenoxy) is 1.